The minimum atomic E-state index is -0.273. The van der Waals surface area contributed by atoms with Crippen molar-refractivity contribution in [3.05, 3.63) is 42.0 Å². The Hall–Kier alpha value is -1.83. The number of benzene rings is 2. The molecule has 0 amide bonds. The molecule has 1 fully saturated rings. The molecule has 0 aliphatic heterocycles. The van der Waals surface area contributed by atoms with E-state index in [-0.39, 0.29) is 5.97 Å². The monoisotopic (exact) mass is 310 g/mol. The lowest BCUT2D eigenvalue weighted by Crippen LogP contribution is -2.13. The van der Waals surface area contributed by atoms with E-state index in [9.17, 15) is 4.79 Å². The summed E-state index contributed by atoms with van der Waals surface area (Å²) in [6.07, 6.45) is 8.10. The van der Waals surface area contributed by atoms with Crippen LogP contribution in [0.15, 0.2) is 36.4 Å². The first kappa shape index (κ1) is 16.0. The van der Waals surface area contributed by atoms with E-state index in [1.54, 1.807) is 0 Å². The van der Waals surface area contributed by atoms with Crippen molar-refractivity contribution in [2.45, 2.75) is 58.3 Å². The predicted molar refractivity (Wildman–Crippen MR) is 94.9 cm³/mol. The SMILES string of the molecule is CCCC1CCC(c2ccc3cc(OC(C)=O)ccc3c2)CC1. The highest BCUT2D eigenvalue weighted by atomic mass is 16.5. The molecule has 2 heteroatoms. The van der Waals surface area contributed by atoms with Crippen LogP contribution in [-0.4, -0.2) is 5.97 Å². The first-order chi connectivity index (χ1) is 11.2. The first-order valence-electron chi connectivity index (χ1n) is 8.88. The summed E-state index contributed by atoms with van der Waals surface area (Å²) in [5.41, 5.74) is 1.47. The van der Waals surface area contributed by atoms with Gasteiger partial charge in [-0.05, 0) is 66.0 Å². The van der Waals surface area contributed by atoms with Crippen LogP contribution in [0.5, 0.6) is 5.75 Å². The zero-order valence-corrected chi connectivity index (χ0v) is 14.2. The van der Waals surface area contributed by atoms with Crippen LogP contribution in [0.4, 0.5) is 0 Å². The average Bonchev–Trinajstić information content (AvgIpc) is 2.55. The second kappa shape index (κ2) is 7.16. The topological polar surface area (TPSA) is 26.3 Å². The van der Waals surface area contributed by atoms with Gasteiger partial charge < -0.3 is 4.74 Å². The number of fused-ring (bicyclic) bond motifs is 1. The highest BCUT2D eigenvalue weighted by Gasteiger charge is 2.21. The highest BCUT2D eigenvalue weighted by molar-refractivity contribution is 5.85. The van der Waals surface area contributed by atoms with Crippen molar-refractivity contribution in [2.75, 3.05) is 0 Å². The molecule has 2 aromatic carbocycles. The zero-order valence-electron chi connectivity index (χ0n) is 14.2. The fourth-order valence-electron chi connectivity index (χ4n) is 3.92. The zero-order chi connectivity index (χ0) is 16.2. The molecule has 0 aromatic heterocycles. The van der Waals surface area contributed by atoms with Gasteiger partial charge in [0.25, 0.3) is 0 Å². The van der Waals surface area contributed by atoms with E-state index in [0.29, 0.717) is 11.7 Å². The fraction of sp³-hybridized carbons (Fsp3) is 0.476. The molecule has 1 aliphatic carbocycles. The molecule has 0 heterocycles. The van der Waals surface area contributed by atoms with Gasteiger partial charge >= 0.3 is 5.97 Å². The number of carbonyl (C=O) groups is 1. The van der Waals surface area contributed by atoms with Crippen molar-refractivity contribution < 1.29 is 9.53 Å². The molecule has 0 radical (unpaired) electrons. The molecular weight excluding hydrogens is 284 g/mol. The molecule has 122 valence electrons. The van der Waals surface area contributed by atoms with E-state index >= 15 is 0 Å². The lowest BCUT2D eigenvalue weighted by Gasteiger charge is -2.28. The molecule has 0 bridgehead atoms. The van der Waals surface area contributed by atoms with Gasteiger partial charge in [0.15, 0.2) is 0 Å². The molecule has 0 saturated heterocycles. The van der Waals surface area contributed by atoms with Crippen LogP contribution in [-0.2, 0) is 4.79 Å². The number of rotatable bonds is 4. The molecule has 0 atom stereocenters. The van der Waals surface area contributed by atoms with Gasteiger partial charge in [0, 0.05) is 6.92 Å². The molecule has 3 rings (SSSR count). The molecular formula is C21H26O2. The molecule has 2 nitrogen and oxygen atoms in total. The second-order valence-corrected chi connectivity index (χ2v) is 6.87. The Morgan fingerprint density at radius 3 is 2.43 bits per heavy atom. The summed E-state index contributed by atoms with van der Waals surface area (Å²) >= 11 is 0. The Labute approximate surface area is 138 Å². The maximum Gasteiger partial charge on any atom is 0.308 e. The number of hydrogen-bond acceptors (Lipinski definition) is 2. The summed E-state index contributed by atoms with van der Waals surface area (Å²) in [4.78, 5) is 11.1. The van der Waals surface area contributed by atoms with Gasteiger partial charge in [0.2, 0.25) is 0 Å². The summed E-state index contributed by atoms with van der Waals surface area (Å²) < 4.78 is 5.16. The fourth-order valence-corrected chi connectivity index (χ4v) is 3.92. The van der Waals surface area contributed by atoms with Crippen molar-refractivity contribution >= 4 is 16.7 Å². The minimum absolute atomic E-state index is 0.273. The number of carbonyl (C=O) groups excluding carboxylic acids is 1. The summed E-state index contributed by atoms with van der Waals surface area (Å²) in [5, 5.41) is 2.36. The van der Waals surface area contributed by atoms with Crippen LogP contribution in [0, 0.1) is 5.92 Å². The van der Waals surface area contributed by atoms with E-state index in [1.807, 2.05) is 12.1 Å². The van der Waals surface area contributed by atoms with E-state index < -0.39 is 0 Å². The summed E-state index contributed by atoms with van der Waals surface area (Å²) in [6.45, 7) is 3.72. The summed E-state index contributed by atoms with van der Waals surface area (Å²) in [7, 11) is 0. The third kappa shape index (κ3) is 3.93. The number of esters is 1. The smallest absolute Gasteiger partial charge is 0.308 e. The molecule has 0 N–H and O–H groups in total. The van der Waals surface area contributed by atoms with Crippen LogP contribution in [0.3, 0.4) is 0 Å². The number of ether oxygens (including phenoxy) is 1. The van der Waals surface area contributed by atoms with Gasteiger partial charge in [0.1, 0.15) is 5.75 Å². The Kier molecular flexibility index (Phi) is 5.00. The van der Waals surface area contributed by atoms with Gasteiger partial charge in [0.05, 0.1) is 0 Å². The molecule has 23 heavy (non-hydrogen) atoms. The predicted octanol–water partition coefficient (Wildman–Crippen LogP) is 5.84. The maximum absolute atomic E-state index is 11.1. The Morgan fingerprint density at radius 2 is 1.74 bits per heavy atom. The van der Waals surface area contributed by atoms with E-state index in [2.05, 4.69) is 31.2 Å². The van der Waals surface area contributed by atoms with Crippen molar-refractivity contribution in [1.82, 2.24) is 0 Å². The summed E-state index contributed by atoms with van der Waals surface area (Å²) in [5.74, 6) is 2.01. The maximum atomic E-state index is 11.1. The third-order valence-electron chi connectivity index (χ3n) is 5.11. The van der Waals surface area contributed by atoms with Gasteiger partial charge in [-0.1, -0.05) is 44.0 Å². The molecule has 1 saturated carbocycles. The normalized spacial score (nSPS) is 21.3. The first-order valence-corrected chi connectivity index (χ1v) is 8.88. The standard InChI is InChI=1S/C21H26O2/c1-3-4-16-5-7-17(8-6-16)18-9-10-20-14-21(23-15(2)22)12-11-19(20)13-18/h9-14,16-17H,3-8H2,1-2H3. The lowest BCUT2D eigenvalue weighted by atomic mass is 9.77. The van der Waals surface area contributed by atoms with Gasteiger partial charge in [-0.25, -0.2) is 0 Å². The van der Waals surface area contributed by atoms with E-state index in [1.165, 1.54) is 56.4 Å². The van der Waals surface area contributed by atoms with Crippen LogP contribution >= 0.6 is 0 Å². The second-order valence-electron chi connectivity index (χ2n) is 6.87. The molecule has 0 unspecified atom stereocenters. The van der Waals surface area contributed by atoms with E-state index in [0.717, 1.165) is 11.3 Å². The number of hydrogen-bond donors (Lipinski definition) is 0. The lowest BCUT2D eigenvalue weighted by molar-refractivity contribution is -0.131. The minimum Gasteiger partial charge on any atom is -0.427 e. The average molecular weight is 310 g/mol. The van der Waals surface area contributed by atoms with Crippen LogP contribution < -0.4 is 4.74 Å². The van der Waals surface area contributed by atoms with Gasteiger partial charge in [-0.2, -0.15) is 0 Å². The largest absolute Gasteiger partial charge is 0.427 e. The van der Waals surface area contributed by atoms with Crippen molar-refractivity contribution in [1.29, 1.82) is 0 Å². The molecule has 2 aromatic rings. The van der Waals surface area contributed by atoms with Crippen molar-refractivity contribution in [2.24, 2.45) is 5.92 Å². The van der Waals surface area contributed by atoms with Crippen LogP contribution in [0.1, 0.15) is 63.9 Å². The third-order valence-corrected chi connectivity index (χ3v) is 5.11. The van der Waals surface area contributed by atoms with Crippen molar-refractivity contribution in [3.8, 4) is 5.75 Å². The van der Waals surface area contributed by atoms with E-state index in [4.69, 9.17) is 4.74 Å². The Balaban J connectivity index is 1.74. The van der Waals surface area contributed by atoms with Crippen molar-refractivity contribution in [3.63, 3.8) is 0 Å². The summed E-state index contributed by atoms with van der Waals surface area (Å²) in [6, 6.07) is 12.6. The Bertz CT molecular complexity index is 681. The molecule has 0 spiro atoms. The van der Waals surface area contributed by atoms with Crippen LogP contribution in [0.25, 0.3) is 10.8 Å². The highest BCUT2D eigenvalue weighted by Crippen LogP contribution is 2.38. The van der Waals surface area contributed by atoms with Gasteiger partial charge in [-0.15, -0.1) is 0 Å². The quantitative estimate of drug-likeness (QED) is 0.524. The van der Waals surface area contributed by atoms with Crippen LogP contribution in [0.2, 0.25) is 0 Å². The Morgan fingerprint density at radius 1 is 1.04 bits per heavy atom. The van der Waals surface area contributed by atoms with Gasteiger partial charge in [-0.3, -0.25) is 4.79 Å². The molecule has 1 aliphatic rings.